The number of nitrogens with one attached hydrogen (secondary N) is 1. The predicted octanol–water partition coefficient (Wildman–Crippen LogP) is 0.935. The summed E-state index contributed by atoms with van der Waals surface area (Å²) in [6, 6.07) is 0.471. The molecule has 0 spiro atoms. The highest BCUT2D eigenvalue weighted by Gasteiger charge is 2.21. The summed E-state index contributed by atoms with van der Waals surface area (Å²) < 4.78 is 0. The Bertz CT molecular complexity index is 173. The zero-order valence-corrected chi connectivity index (χ0v) is 10.4. The summed E-state index contributed by atoms with van der Waals surface area (Å²) in [5, 5.41) is 12.5. The molecule has 1 aliphatic rings. The monoisotopic (exact) mass is 214 g/mol. The van der Waals surface area contributed by atoms with Gasteiger partial charge in [0.15, 0.2) is 0 Å². The van der Waals surface area contributed by atoms with Gasteiger partial charge in [-0.15, -0.1) is 0 Å². The summed E-state index contributed by atoms with van der Waals surface area (Å²) in [7, 11) is 0. The summed E-state index contributed by atoms with van der Waals surface area (Å²) in [6.45, 7) is 11.7. The third kappa shape index (κ3) is 4.96. The van der Waals surface area contributed by atoms with Crippen LogP contribution in [0.1, 0.15) is 27.2 Å². The van der Waals surface area contributed by atoms with Crippen molar-refractivity contribution in [1.82, 2.24) is 10.2 Å². The average molecular weight is 214 g/mol. The number of nitrogens with zero attached hydrogens (tertiary/aromatic N) is 1. The third-order valence-electron chi connectivity index (χ3n) is 2.90. The number of hydrogen-bond acceptors (Lipinski definition) is 3. The van der Waals surface area contributed by atoms with Crippen LogP contribution in [0.15, 0.2) is 0 Å². The summed E-state index contributed by atoms with van der Waals surface area (Å²) in [4.78, 5) is 2.54. The van der Waals surface area contributed by atoms with E-state index in [1.54, 1.807) is 0 Å². The molecule has 0 amide bonds. The molecule has 3 heteroatoms. The van der Waals surface area contributed by atoms with Crippen molar-refractivity contribution in [2.75, 3.05) is 32.8 Å². The molecule has 0 radical (unpaired) electrons. The van der Waals surface area contributed by atoms with Crippen molar-refractivity contribution in [3.05, 3.63) is 0 Å². The molecule has 0 aliphatic carbocycles. The molecule has 0 aromatic carbocycles. The van der Waals surface area contributed by atoms with Gasteiger partial charge in [-0.2, -0.15) is 0 Å². The zero-order chi connectivity index (χ0) is 11.3. The fraction of sp³-hybridized carbons (Fsp3) is 1.00. The van der Waals surface area contributed by atoms with E-state index < -0.39 is 0 Å². The first-order valence-electron chi connectivity index (χ1n) is 6.18. The second kappa shape index (κ2) is 6.46. The average Bonchev–Trinajstić information content (AvgIpc) is 2.28. The molecule has 2 N–H and O–H groups in total. The molecule has 1 heterocycles. The Labute approximate surface area is 93.9 Å². The normalized spacial score (nSPS) is 29.4. The summed E-state index contributed by atoms with van der Waals surface area (Å²) in [6.07, 6.45) is 0.876. The minimum atomic E-state index is 0.293. The van der Waals surface area contributed by atoms with Gasteiger partial charge in [-0.05, 0) is 24.8 Å². The fourth-order valence-corrected chi connectivity index (χ4v) is 2.34. The van der Waals surface area contributed by atoms with Crippen LogP contribution in [0.25, 0.3) is 0 Å². The Balaban J connectivity index is 2.45. The van der Waals surface area contributed by atoms with Crippen LogP contribution >= 0.6 is 0 Å². The molecule has 1 saturated heterocycles. The van der Waals surface area contributed by atoms with Crippen molar-refractivity contribution in [1.29, 1.82) is 0 Å². The van der Waals surface area contributed by atoms with Gasteiger partial charge in [-0.25, -0.2) is 0 Å². The molecule has 1 fully saturated rings. The van der Waals surface area contributed by atoms with Gasteiger partial charge in [0.25, 0.3) is 0 Å². The third-order valence-corrected chi connectivity index (χ3v) is 2.90. The molecule has 0 bridgehead atoms. The van der Waals surface area contributed by atoms with Gasteiger partial charge < -0.3 is 15.3 Å². The summed E-state index contributed by atoms with van der Waals surface area (Å²) in [5.74, 6) is 1.44. The second-order valence-electron chi connectivity index (χ2n) is 5.34. The van der Waals surface area contributed by atoms with Gasteiger partial charge in [0.2, 0.25) is 0 Å². The van der Waals surface area contributed by atoms with E-state index in [9.17, 15) is 0 Å². The Morgan fingerprint density at radius 1 is 1.40 bits per heavy atom. The van der Waals surface area contributed by atoms with Crippen molar-refractivity contribution in [3.63, 3.8) is 0 Å². The predicted molar refractivity (Wildman–Crippen MR) is 63.9 cm³/mol. The minimum absolute atomic E-state index is 0.293. The highest BCUT2D eigenvalue weighted by molar-refractivity contribution is 4.79. The van der Waals surface area contributed by atoms with E-state index in [-0.39, 0.29) is 0 Å². The highest BCUT2D eigenvalue weighted by atomic mass is 16.3. The topological polar surface area (TPSA) is 35.5 Å². The Hall–Kier alpha value is -0.120. The minimum Gasteiger partial charge on any atom is -0.396 e. The maximum atomic E-state index is 8.99. The van der Waals surface area contributed by atoms with Crippen molar-refractivity contribution in [2.24, 2.45) is 11.8 Å². The zero-order valence-electron chi connectivity index (χ0n) is 10.4. The Kier molecular flexibility index (Phi) is 5.58. The maximum Gasteiger partial charge on any atom is 0.0446 e. The molecule has 1 aliphatic heterocycles. The lowest BCUT2D eigenvalue weighted by molar-refractivity contribution is 0.205. The summed E-state index contributed by atoms with van der Waals surface area (Å²) >= 11 is 0. The van der Waals surface area contributed by atoms with Crippen molar-refractivity contribution >= 4 is 0 Å². The molecule has 0 aromatic rings. The lowest BCUT2D eigenvalue weighted by atomic mass is 10.1. The van der Waals surface area contributed by atoms with Crippen LogP contribution in [-0.4, -0.2) is 48.8 Å². The number of hydrogen-bond donors (Lipinski definition) is 2. The van der Waals surface area contributed by atoms with Crippen LogP contribution in [0.5, 0.6) is 0 Å². The van der Waals surface area contributed by atoms with E-state index in [0.717, 1.165) is 25.4 Å². The lowest BCUT2D eigenvalue weighted by Crippen LogP contribution is -2.39. The standard InChI is InChI=1S/C12H26N2O/c1-10(2)7-14-8-11(3)6-13-12(9-14)4-5-15/h10-13,15H,4-9H2,1-3H3. The van der Waals surface area contributed by atoms with Gasteiger partial charge >= 0.3 is 0 Å². The lowest BCUT2D eigenvalue weighted by Gasteiger charge is -2.26. The van der Waals surface area contributed by atoms with Crippen LogP contribution in [0, 0.1) is 11.8 Å². The SMILES string of the molecule is CC(C)CN1CC(C)CNC(CCO)C1. The van der Waals surface area contributed by atoms with Crippen molar-refractivity contribution in [2.45, 2.75) is 33.2 Å². The van der Waals surface area contributed by atoms with Gasteiger partial charge in [0.05, 0.1) is 0 Å². The van der Waals surface area contributed by atoms with E-state index in [2.05, 4.69) is 31.0 Å². The Morgan fingerprint density at radius 3 is 2.73 bits per heavy atom. The first kappa shape index (κ1) is 12.9. The molecule has 90 valence electrons. The van der Waals surface area contributed by atoms with E-state index in [0.29, 0.717) is 18.6 Å². The molecule has 0 saturated carbocycles. The quantitative estimate of drug-likeness (QED) is 0.731. The largest absolute Gasteiger partial charge is 0.396 e. The first-order chi connectivity index (χ1) is 7.11. The van der Waals surface area contributed by atoms with E-state index in [4.69, 9.17) is 5.11 Å². The number of rotatable bonds is 4. The highest BCUT2D eigenvalue weighted by Crippen LogP contribution is 2.10. The Morgan fingerprint density at radius 2 is 2.13 bits per heavy atom. The molecular formula is C12H26N2O. The van der Waals surface area contributed by atoms with Crippen LogP contribution < -0.4 is 5.32 Å². The smallest absolute Gasteiger partial charge is 0.0446 e. The molecule has 1 rings (SSSR count). The molecule has 2 unspecified atom stereocenters. The van der Waals surface area contributed by atoms with E-state index in [1.165, 1.54) is 13.1 Å². The second-order valence-corrected chi connectivity index (χ2v) is 5.34. The van der Waals surface area contributed by atoms with Gasteiger partial charge in [0.1, 0.15) is 0 Å². The van der Waals surface area contributed by atoms with Crippen LogP contribution in [0.2, 0.25) is 0 Å². The van der Waals surface area contributed by atoms with Crippen molar-refractivity contribution in [3.8, 4) is 0 Å². The molecule has 2 atom stereocenters. The first-order valence-corrected chi connectivity index (χ1v) is 6.18. The summed E-state index contributed by atoms with van der Waals surface area (Å²) in [5.41, 5.74) is 0. The molecule has 3 nitrogen and oxygen atoms in total. The molecule has 15 heavy (non-hydrogen) atoms. The van der Waals surface area contributed by atoms with Gasteiger partial charge in [-0.1, -0.05) is 20.8 Å². The van der Waals surface area contributed by atoms with Crippen LogP contribution in [0.4, 0.5) is 0 Å². The molecular weight excluding hydrogens is 188 g/mol. The number of aliphatic hydroxyl groups is 1. The van der Waals surface area contributed by atoms with E-state index in [1.807, 2.05) is 0 Å². The van der Waals surface area contributed by atoms with Crippen LogP contribution in [0.3, 0.4) is 0 Å². The van der Waals surface area contributed by atoms with Crippen molar-refractivity contribution < 1.29 is 5.11 Å². The number of aliphatic hydroxyl groups excluding tert-OH is 1. The van der Waals surface area contributed by atoms with E-state index >= 15 is 0 Å². The molecule has 0 aromatic heterocycles. The maximum absolute atomic E-state index is 8.99. The van der Waals surface area contributed by atoms with Crippen LogP contribution in [-0.2, 0) is 0 Å². The van der Waals surface area contributed by atoms with Gasteiger partial charge in [-0.3, -0.25) is 0 Å². The fourth-order valence-electron chi connectivity index (χ4n) is 2.34. The van der Waals surface area contributed by atoms with Gasteiger partial charge in [0, 0.05) is 32.3 Å².